The van der Waals surface area contributed by atoms with Gasteiger partial charge in [0.1, 0.15) is 5.75 Å². The monoisotopic (exact) mass is 362 g/mol. The van der Waals surface area contributed by atoms with E-state index >= 15 is 0 Å². The summed E-state index contributed by atoms with van der Waals surface area (Å²) in [5.74, 6) is 0.730. The van der Waals surface area contributed by atoms with Crippen molar-refractivity contribution in [3.63, 3.8) is 0 Å². The van der Waals surface area contributed by atoms with Crippen molar-refractivity contribution in [1.82, 2.24) is 15.8 Å². The first-order valence-electron chi connectivity index (χ1n) is 8.18. The Bertz CT molecular complexity index is 718. The SMILES string of the molecule is COc1cc(NC(=O)NCCCCCC(=O)NO)ccc1-c1cnco1. The number of benzene rings is 1. The van der Waals surface area contributed by atoms with E-state index in [1.807, 2.05) is 0 Å². The Morgan fingerprint density at radius 1 is 1.27 bits per heavy atom. The number of anilines is 1. The molecular formula is C17H22N4O5. The van der Waals surface area contributed by atoms with Gasteiger partial charge in [0.05, 0.1) is 18.9 Å². The molecular weight excluding hydrogens is 340 g/mol. The number of carbonyl (C=O) groups is 2. The smallest absolute Gasteiger partial charge is 0.319 e. The van der Waals surface area contributed by atoms with Gasteiger partial charge in [-0.3, -0.25) is 10.0 Å². The predicted octanol–water partition coefficient (Wildman–Crippen LogP) is 2.54. The van der Waals surface area contributed by atoms with Crippen molar-refractivity contribution in [2.45, 2.75) is 25.7 Å². The molecule has 1 heterocycles. The third-order valence-corrected chi connectivity index (χ3v) is 3.65. The lowest BCUT2D eigenvalue weighted by Gasteiger charge is -2.11. The van der Waals surface area contributed by atoms with Crippen LogP contribution < -0.4 is 20.9 Å². The number of oxazole rings is 1. The molecule has 0 unspecified atom stereocenters. The molecule has 1 aromatic carbocycles. The molecule has 0 saturated carbocycles. The minimum absolute atomic E-state index is 0.264. The van der Waals surface area contributed by atoms with Crippen LogP contribution in [0.4, 0.5) is 10.5 Å². The van der Waals surface area contributed by atoms with Gasteiger partial charge >= 0.3 is 6.03 Å². The van der Waals surface area contributed by atoms with Gasteiger partial charge in [0.2, 0.25) is 5.91 Å². The number of ether oxygens (including phenoxy) is 1. The van der Waals surface area contributed by atoms with E-state index in [-0.39, 0.29) is 12.5 Å². The second-order valence-electron chi connectivity index (χ2n) is 5.51. The van der Waals surface area contributed by atoms with Gasteiger partial charge < -0.3 is 19.8 Å². The molecule has 0 bridgehead atoms. The molecule has 4 N–H and O–H groups in total. The maximum Gasteiger partial charge on any atom is 0.319 e. The van der Waals surface area contributed by atoms with Crippen molar-refractivity contribution < 1.29 is 24.0 Å². The van der Waals surface area contributed by atoms with Crippen LogP contribution in [0.15, 0.2) is 35.2 Å². The number of urea groups is 1. The van der Waals surface area contributed by atoms with Crippen LogP contribution in [0, 0.1) is 0 Å². The zero-order valence-corrected chi connectivity index (χ0v) is 14.4. The summed E-state index contributed by atoms with van der Waals surface area (Å²) in [5.41, 5.74) is 2.91. The number of unbranched alkanes of at least 4 members (excludes halogenated alkanes) is 2. The van der Waals surface area contributed by atoms with Gasteiger partial charge in [-0.05, 0) is 25.0 Å². The second-order valence-corrected chi connectivity index (χ2v) is 5.51. The van der Waals surface area contributed by atoms with Crippen LogP contribution in [0.5, 0.6) is 5.75 Å². The summed E-state index contributed by atoms with van der Waals surface area (Å²) >= 11 is 0. The number of aromatic nitrogens is 1. The van der Waals surface area contributed by atoms with Crippen LogP contribution in [-0.2, 0) is 4.79 Å². The highest BCUT2D eigenvalue weighted by molar-refractivity contribution is 5.90. The Morgan fingerprint density at radius 3 is 2.81 bits per heavy atom. The number of nitrogens with zero attached hydrogens (tertiary/aromatic N) is 1. The second kappa shape index (κ2) is 10.0. The first kappa shape index (κ1) is 19.3. The molecule has 140 valence electrons. The topological polar surface area (TPSA) is 126 Å². The fourth-order valence-electron chi connectivity index (χ4n) is 2.34. The highest BCUT2D eigenvalue weighted by Crippen LogP contribution is 2.32. The number of amides is 3. The summed E-state index contributed by atoms with van der Waals surface area (Å²) in [6.45, 7) is 0.486. The number of nitrogens with one attached hydrogen (secondary N) is 3. The van der Waals surface area contributed by atoms with Crippen LogP contribution >= 0.6 is 0 Å². The highest BCUT2D eigenvalue weighted by atomic mass is 16.5. The lowest BCUT2D eigenvalue weighted by atomic mass is 10.1. The van der Waals surface area contributed by atoms with Gasteiger partial charge in [-0.1, -0.05) is 6.42 Å². The van der Waals surface area contributed by atoms with Crippen molar-refractivity contribution in [1.29, 1.82) is 0 Å². The van der Waals surface area contributed by atoms with E-state index in [9.17, 15) is 9.59 Å². The quantitative estimate of drug-likeness (QED) is 0.308. The summed E-state index contributed by atoms with van der Waals surface area (Å²) in [5, 5.41) is 13.9. The van der Waals surface area contributed by atoms with E-state index < -0.39 is 5.91 Å². The lowest BCUT2D eigenvalue weighted by Crippen LogP contribution is -2.29. The van der Waals surface area contributed by atoms with Crippen molar-refractivity contribution in [3.05, 3.63) is 30.8 Å². The average molecular weight is 362 g/mol. The van der Waals surface area contributed by atoms with Crippen molar-refractivity contribution >= 4 is 17.6 Å². The molecule has 0 fully saturated rings. The number of methoxy groups -OCH3 is 1. The Morgan fingerprint density at radius 2 is 2.12 bits per heavy atom. The average Bonchev–Trinajstić information content (AvgIpc) is 3.18. The summed E-state index contributed by atoms with van der Waals surface area (Å²) in [6.07, 6.45) is 5.34. The first-order valence-corrected chi connectivity index (χ1v) is 8.18. The van der Waals surface area contributed by atoms with Crippen molar-refractivity contribution in [3.8, 4) is 17.1 Å². The molecule has 2 rings (SSSR count). The van der Waals surface area contributed by atoms with Crippen LogP contribution in [0.2, 0.25) is 0 Å². The van der Waals surface area contributed by atoms with E-state index in [0.29, 0.717) is 30.2 Å². The van der Waals surface area contributed by atoms with Gasteiger partial charge in [0.15, 0.2) is 12.2 Å². The molecule has 0 spiro atoms. The van der Waals surface area contributed by atoms with Crippen LogP contribution in [0.1, 0.15) is 25.7 Å². The van der Waals surface area contributed by atoms with Gasteiger partial charge in [0, 0.05) is 24.7 Å². The van der Waals surface area contributed by atoms with Gasteiger partial charge in [-0.25, -0.2) is 15.3 Å². The minimum Gasteiger partial charge on any atom is -0.496 e. The fourth-order valence-corrected chi connectivity index (χ4v) is 2.34. The van der Waals surface area contributed by atoms with Crippen molar-refractivity contribution in [2.24, 2.45) is 0 Å². The summed E-state index contributed by atoms with van der Waals surface area (Å²) in [6, 6.07) is 4.90. The number of hydroxylamine groups is 1. The van der Waals surface area contributed by atoms with Crippen LogP contribution in [0.3, 0.4) is 0 Å². The Hall–Kier alpha value is -3.07. The third-order valence-electron chi connectivity index (χ3n) is 3.65. The lowest BCUT2D eigenvalue weighted by molar-refractivity contribution is -0.129. The minimum atomic E-state index is -0.404. The first-order chi connectivity index (χ1) is 12.6. The number of hydrogen-bond donors (Lipinski definition) is 4. The maximum atomic E-state index is 11.9. The zero-order valence-electron chi connectivity index (χ0n) is 14.4. The molecule has 0 radical (unpaired) electrons. The molecule has 0 atom stereocenters. The molecule has 0 aliphatic heterocycles. The van der Waals surface area contributed by atoms with Gasteiger partial charge in [-0.2, -0.15) is 0 Å². The Balaban J connectivity index is 1.77. The van der Waals surface area contributed by atoms with E-state index in [0.717, 1.165) is 18.4 Å². The van der Waals surface area contributed by atoms with Crippen LogP contribution in [-0.4, -0.2) is 35.8 Å². The fraction of sp³-hybridized carbons (Fsp3) is 0.353. The van der Waals surface area contributed by atoms with Crippen molar-refractivity contribution in [2.75, 3.05) is 19.0 Å². The molecule has 0 saturated heterocycles. The maximum absolute atomic E-state index is 11.9. The standard InChI is InChI=1S/C17H22N4O5/c1-25-14-9-12(6-7-13(14)15-10-18-11-26-15)20-17(23)19-8-4-2-3-5-16(22)21-24/h6-7,9-11,24H,2-5,8H2,1H3,(H,21,22)(H2,19,20,23). The number of hydrogen-bond acceptors (Lipinski definition) is 6. The van der Waals surface area contributed by atoms with E-state index in [2.05, 4.69) is 15.6 Å². The highest BCUT2D eigenvalue weighted by Gasteiger charge is 2.11. The number of rotatable bonds is 9. The normalized spacial score (nSPS) is 10.2. The molecule has 9 nitrogen and oxygen atoms in total. The molecule has 2 aromatic rings. The molecule has 26 heavy (non-hydrogen) atoms. The molecule has 9 heteroatoms. The third kappa shape index (κ3) is 5.78. The molecule has 3 amide bonds. The number of carbonyl (C=O) groups excluding carboxylic acids is 2. The Labute approximate surface area is 150 Å². The molecule has 1 aromatic heterocycles. The zero-order chi connectivity index (χ0) is 18.8. The van der Waals surface area contributed by atoms with Crippen LogP contribution in [0.25, 0.3) is 11.3 Å². The van der Waals surface area contributed by atoms with E-state index in [1.165, 1.54) is 13.5 Å². The largest absolute Gasteiger partial charge is 0.496 e. The predicted molar refractivity (Wildman–Crippen MR) is 93.9 cm³/mol. The van der Waals surface area contributed by atoms with E-state index in [1.54, 1.807) is 29.9 Å². The molecule has 0 aliphatic rings. The summed E-state index contributed by atoms with van der Waals surface area (Å²) < 4.78 is 10.6. The summed E-state index contributed by atoms with van der Waals surface area (Å²) in [7, 11) is 1.54. The Kier molecular flexibility index (Phi) is 7.44. The van der Waals surface area contributed by atoms with Gasteiger partial charge in [0.25, 0.3) is 0 Å². The summed E-state index contributed by atoms with van der Waals surface area (Å²) in [4.78, 5) is 26.6. The van der Waals surface area contributed by atoms with E-state index in [4.69, 9.17) is 14.4 Å². The van der Waals surface area contributed by atoms with Gasteiger partial charge in [-0.15, -0.1) is 0 Å². The molecule has 0 aliphatic carbocycles.